The van der Waals surface area contributed by atoms with Gasteiger partial charge in [-0.1, -0.05) is 18.2 Å². The molecule has 1 aliphatic heterocycles. The predicted octanol–water partition coefficient (Wildman–Crippen LogP) is 3.94. The second-order valence-electron chi connectivity index (χ2n) is 7.16. The van der Waals surface area contributed by atoms with E-state index in [0.717, 1.165) is 53.4 Å². The fourth-order valence-electron chi connectivity index (χ4n) is 3.65. The molecule has 1 aliphatic rings. The molecule has 3 aromatic rings. The van der Waals surface area contributed by atoms with Gasteiger partial charge >= 0.3 is 5.97 Å². The van der Waals surface area contributed by atoms with Gasteiger partial charge in [-0.15, -0.1) is 0 Å². The predicted molar refractivity (Wildman–Crippen MR) is 114 cm³/mol. The van der Waals surface area contributed by atoms with Crippen LogP contribution in [0.25, 0.3) is 11.1 Å². The third-order valence-corrected chi connectivity index (χ3v) is 5.18. The summed E-state index contributed by atoms with van der Waals surface area (Å²) in [6.45, 7) is 2.86. The molecule has 0 radical (unpaired) electrons. The Hall–Kier alpha value is -3.38. The Morgan fingerprint density at radius 1 is 1.13 bits per heavy atom. The van der Waals surface area contributed by atoms with Crippen molar-refractivity contribution in [3.05, 3.63) is 77.6 Å². The SMILES string of the molecule is COC(=O)c1ccc(CN2CCOc3c(cc(-c4cccnc4)cc3OC)C2)cc1. The van der Waals surface area contributed by atoms with Gasteiger partial charge in [0.05, 0.1) is 19.8 Å². The van der Waals surface area contributed by atoms with E-state index >= 15 is 0 Å². The zero-order valence-corrected chi connectivity index (χ0v) is 17.1. The van der Waals surface area contributed by atoms with E-state index in [2.05, 4.69) is 16.0 Å². The fraction of sp³-hybridized carbons (Fsp3) is 0.250. The lowest BCUT2D eigenvalue weighted by Crippen LogP contribution is -2.25. The first-order valence-electron chi connectivity index (χ1n) is 9.81. The highest BCUT2D eigenvalue weighted by atomic mass is 16.5. The number of ether oxygens (including phenoxy) is 3. The zero-order valence-electron chi connectivity index (χ0n) is 17.1. The van der Waals surface area contributed by atoms with Crippen molar-refractivity contribution in [3.8, 4) is 22.6 Å². The first kappa shape index (κ1) is 19.9. The number of hydrogen-bond acceptors (Lipinski definition) is 6. The molecule has 0 unspecified atom stereocenters. The molecule has 6 nitrogen and oxygen atoms in total. The molecule has 2 heterocycles. The van der Waals surface area contributed by atoms with Gasteiger partial charge in [0.1, 0.15) is 6.61 Å². The molecule has 0 amide bonds. The van der Waals surface area contributed by atoms with E-state index in [0.29, 0.717) is 12.2 Å². The van der Waals surface area contributed by atoms with Crippen molar-refractivity contribution in [1.82, 2.24) is 9.88 Å². The average Bonchev–Trinajstić information content (AvgIpc) is 3.00. The maximum absolute atomic E-state index is 11.6. The molecule has 6 heteroatoms. The Morgan fingerprint density at radius 3 is 2.67 bits per heavy atom. The van der Waals surface area contributed by atoms with Crippen LogP contribution in [0.2, 0.25) is 0 Å². The molecule has 0 aliphatic carbocycles. The topological polar surface area (TPSA) is 60.9 Å². The van der Waals surface area contributed by atoms with Gasteiger partial charge in [-0.2, -0.15) is 0 Å². The number of aromatic nitrogens is 1. The third-order valence-electron chi connectivity index (χ3n) is 5.18. The van der Waals surface area contributed by atoms with E-state index in [1.807, 2.05) is 36.5 Å². The van der Waals surface area contributed by atoms with E-state index in [9.17, 15) is 4.79 Å². The van der Waals surface area contributed by atoms with Gasteiger partial charge in [0.2, 0.25) is 0 Å². The largest absolute Gasteiger partial charge is 0.493 e. The van der Waals surface area contributed by atoms with Crippen LogP contribution < -0.4 is 9.47 Å². The van der Waals surface area contributed by atoms with Crippen molar-refractivity contribution < 1.29 is 19.0 Å². The Balaban J connectivity index is 1.58. The van der Waals surface area contributed by atoms with Crippen molar-refractivity contribution in [3.63, 3.8) is 0 Å². The number of methoxy groups -OCH3 is 2. The Labute approximate surface area is 176 Å². The molecule has 4 rings (SSSR count). The highest BCUT2D eigenvalue weighted by Crippen LogP contribution is 2.38. The van der Waals surface area contributed by atoms with Crippen molar-refractivity contribution >= 4 is 5.97 Å². The minimum absolute atomic E-state index is 0.325. The van der Waals surface area contributed by atoms with Crippen LogP contribution in [0.3, 0.4) is 0 Å². The molecular weight excluding hydrogens is 380 g/mol. The second kappa shape index (κ2) is 8.97. The molecule has 30 heavy (non-hydrogen) atoms. The van der Waals surface area contributed by atoms with Crippen LogP contribution in [0.1, 0.15) is 21.5 Å². The number of hydrogen-bond donors (Lipinski definition) is 0. The molecule has 154 valence electrons. The number of benzene rings is 2. The maximum Gasteiger partial charge on any atom is 0.337 e. The number of nitrogens with zero attached hydrogens (tertiary/aromatic N) is 2. The molecule has 0 bridgehead atoms. The molecule has 0 fully saturated rings. The van der Waals surface area contributed by atoms with Crippen LogP contribution >= 0.6 is 0 Å². The van der Waals surface area contributed by atoms with Crippen molar-refractivity contribution in [2.75, 3.05) is 27.4 Å². The van der Waals surface area contributed by atoms with Crippen LogP contribution in [-0.4, -0.2) is 43.2 Å². The van der Waals surface area contributed by atoms with Gasteiger partial charge in [0.15, 0.2) is 11.5 Å². The summed E-state index contributed by atoms with van der Waals surface area (Å²) in [5.41, 5.74) is 4.84. The number of pyridine rings is 1. The first-order chi connectivity index (χ1) is 14.7. The van der Waals surface area contributed by atoms with Gasteiger partial charge in [0.25, 0.3) is 0 Å². The van der Waals surface area contributed by atoms with Gasteiger partial charge in [-0.3, -0.25) is 9.88 Å². The van der Waals surface area contributed by atoms with Gasteiger partial charge in [-0.05, 0) is 41.5 Å². The van der Waals surface area contributed by atoms with E-state index in [-0.39, 0.29) is 5.97 Å². The van der Waals surface area contributed by atoms with Gasteiger partial charge in [-0.25, -0.2) is 4.79 Å². The second-order valence-corrected chi connectivity index (χ2v) is 7.16. The minimum atomic E-state index is -0.325. The molecule has 0 saturated carbocycles. The monoisotopic (exact) mass is 404 g/mol. The smallest absolute Gasteiger partial charge is 0.337 e. The third kappa shape index (κ3) is 4.28. The van der Waals surface area contributed by atoms with Crippen LogP contribution in [0.4, 0.5) is 0 Å². The summed E-state index contributed by atoms with van der Waals surface area (Å²) in [6, 6.07) is 15.6. The highest BCUT2D eigenvalue weighted by Gasteiger charge is 2.21. The highest BCUT2D eigenvalue weighted by molar-refractivity contribution is 5.89. The molecular formula is C24H24N2O4. The van der Waals surface area contributed by atoms with Crippen molar-refractivity contribution in [1.29, 1.82) is 0 Å². The Kier molecular flexibility index (Phi) is 5.95. The summed E-state index contributed by atoms with van der Waals surface area (Å²) in [4.78, 5) is 18.2. The lowest BCUT2D eigenvalue weighted by Gasteiger charge is -2.20. The first-order valence-corrected chi connectivity index (χ1v) is 9.81. The summed E-state index contributed by atoms with van der Waals surface area (Å²) in [5.74, 6) is 1.21. The van der Waals surface area contributed by atoms with E-state index < -0.39 is 0 Å². The molecule has 0 atom stereocenters. The van der Waals surface area contributed by atoms with Crippen LogP contribution in [0.15, 0.2) is 60.9 Å². The standard InChI is InChI=1S/C24H24N2O4/c1-28-22-13-20(19-4-3-9-25-14-19)12-21-16-26(10-11-30-23(21)22)15-17-5-7-18(8-6-17)24(27)29-2/h3-9,12-14H,10-11,15-16H2,1-2H3. The van der Waals surface area contributed by atoms with Crippen LogP contribution in [-0.2, 0) is 17.8 Å². The van der Waals surface area contributed by atoms with Gasteiger partial charge in [0, 0.05) is 43.2 Å². The quantitative estimate of drug-likeness (QED) is 0.601. The number of fused-ring (bicyclic) bond motifs is 1. The molecule has 1 aromatic heterocycles. The Morgan fingerprint density at radius 2 is 1.97 bits per heavy atom. The summed E-state index contributed by atoms with van der Waals surface area (Å²) in [6.07, 6.45) is 3.61. The minimum Gasteiger partial charge on any atom is -0.493 e. The number of carbonyl (C=O) groups excluding carboxylic acids is 1. The number of esters is 1. The number of carbonyl (C=O) groups is 1. The van der Waals surface area contributed by atoms with E-state index in [1.165, 1.54) is 7.11 Å². The summed E-state index contributed by atoms with van der Waals surface area (Å²) in [7, 11) is 3.05. The van der Waals surface area contributed by atoms with Gasteiger partial charge < -0.3 is 14.2 Å². The van der Waals surface area contributed by atoms with Crippen molar-refractivity contribution in [2.45, 2.75) is 13.1 Å². The summed E-state index contributed by atoms with van der Waals surface area (Å²) >= 11 is 0. The zero-order chi connectivity index (χ0) is 20.9. The van der Waals surface area contributed by atoms with Crippen molar-refractivity contribution in [2.24, 2.45) is 0 Å². The van der Waals surface area contributed by atoms with Crippen LogP contribution in [0, 0.1) is 0 Å². The average molecular weight is 404 g/mol. The van der Waals surface area contributed by atoms with E-state index in [1.54, 1.807) is 25.4 Å². The number of rotatable bonds is 5. The Bertz CT molecular complexity index is 1020. The molecule has 0 spiro atoms. The summed E-state index contributed by atoms with van der Waals surface area (Å²) in [5, 5.41) is 0. The summed E-state index contributed by atoms with van der Waals surface area (Å²) < 4.78 is 16.4. The lowest BCUT2D eigenvalue weighted by atomic mass is 10.0. The maximum atomic E-state index is 11.6. The normalized spacial score (nSPS) is 13.7. The lowest BCUT2D eigenvalue weighted by molar-refractivity contribution is 0.0600. The van der Waals surface area contributed by atoms with E-state index in [4.69, 9.17) is 14.2 Å². The molecule has 2 aromatic carbocycles. The molecule has 0 N–H and O–H groups in total. The fourth-order valence-corrected chi connectivity index (χ4v) is 3.65. The molecule has 0 saturated heterocycles. The van der Waals surface area contributed by atoms with Crippen LogP contribution in [0.5, 0.6) is 11.5 Å².